The number of hydrogen-bond acceptors (Lipinski definition) is 2. The number of likely N-dealkylation sites (tertiary alicyclic amines) is 1. The lowest BCUT2D eigenvalue weighted by Crippen LogP contribution is -2.24. The van der Waals surface area contributed by atoms with Gasteiger partial charge in [-0.2, -0.15) is 0 Å². The zero-order valence-corrected chi connectivity index (χ0v) is 7.09. The van der Waals surface area contributed by atoms with E-state index in [-0.39, 0.29) is 5.92 Å². The van der Waals surface area contributed by atoms with Crippen LogP contribution in [0.3, 0.4) is 0 Å². The van der Waals surface area contributed by atoms with Crippen molar-refractivity contribution in [2.24, 2.45) is 11.7 Å². The van der Waals surface area contributed by atoms with Crippen molar-refractivity contribution in [3.63, 3.8) is 0 Å². The topological polar surface area (TPSA) is 29.3 Å². The molecule has 0 bridgehead atoms. The van der Waals surface area contributed by atoms with Crippen LogP contribution in [0.25, 0.3) is 0 Å². The molecule has 2 unspecified atom stereocenters. The van der Waals surface area contributed by atoms with Crippen LogP contribution in [-0.4, -0.2) is 37.8 Å². The fraction of sp³-hybridized carbons (Fsp3) is 1.00. The highest BCUT2D eigenvalue weighted by Gasteiger charge is 2.23. The average Bonchev–Trinajstić information content (AvgIpc) is 2.15. The molecular formula is C8H17FN2. The van der Waals surface area contributed by atoms with E-state index in [4.69, 9.17) is 5.73 Å². The zero-order valence-electron chi connectivity index (χ0n) is 7.09. The minimum Gasteiger partial charge on any atom is -0.330 e. The summed E-state index contributed by atoms with van der Waals surface area (Å²) in [6.45, 7) is 2.36. The summed E-state index contributed by atoms with van der Waals surface area (Å²) in [5.74, 6) is 0.0972. The van der Waals surface area contributed by atoms with E-state index >= 15 is 0 Å². The van der Waals surface area contributed by atoms with Crippen LogP contribution in [0.4, 0.5) is 4.39 Å². The Bertz CT molecular complexity index is 119. The third kappa shape index (κ3) is 2.42. The van der Waals surface area contributed by atoms with Crippen molar-refractivity contribution in [1.29, 1.82) is 0 Å². The van der Waals surface area contributed by atoms with Gasteiger partial charge in [0.2, 0.25) is 0 Å². The van der Waals surface area contributed by atoms with Crippen LogP contribution in [0, 0.1) is 5.92 Å². The first-order valence-corrected chi connectivity index (χ1v) is 4.26. The molecule has 0 aromatic rings. The molecule has 1 aliphatic heterocycles. The molecule has 0 aromatic carbocycles. The van der Waals surface area contributed by atoms with E-state index in [1.165, 1.54) is 0 Å². The third-order valence-corrected chi connectivity index (χ3v) is 2.48. The maximum absolute atomic E-state index is 13.2. The molecule has 1 aliphatic rings. The first-order valence-electron chi connectivity index (χ1n) is 4.26. The van der Waals surface area contributed by atoms with Crippen molar-refractivity contribution in [3.05, 3.63) is 0 Å². The second-order valence-corrected chi connectivity index (χ2v) is 3.39. The molecule has 3 heteroatoms. The van der Waals surface area contributed by atoms with E-state index < -0.39 is 6.17 Å². The molecule has 0 amide bonds. The summed E-state index contributed by atoms with van der Waals surface area (Å²) >= 11 is 0. The molecule has 66 valence electrons. The second kappa shape index (κ2) is 4.02. The van der Waals surface area contributed by atoms with Crippen LogP contribution in [-0.2, 0) is 0 Å². The molecule has 1 saturated heterocycles. The van der Waals surface area contributed by atoms with Gasteiger partial charge in [0, 0.05) is 12.5 Å². The van der Waals surface area contributed by atoms with Crippen molar-refractivity contribution in [1.82, 2.24) is 4.90 Å². The average molecular weight is 160 g/mol. The Hall–Kier alpha value is -0.150. The molecule has 1 heterocycles. The number of nitrogens with zero attached hydrogens (tertiary/aromatic N) is 1. The van der Waals surface area contributed by atoms with Crippen molar-refractivity contribution in [3.8, 4) is 0 Å². The lowest BCUT2D eigenvalue weighted by molar-refractivity contribution is 0.224. The smallest absolute Gasteiger partial charge is 0.105 e. The number of alkyl halides is 1. The van der Waals surface area contributed by atoms with E-state index in [9.17, 15) is 4.39 Å². The number of nitrogens with two attached hydrogens (primary N) is 1. The maximum atomic E-state index is 13.2. The Labute approximate surface area is 67.6 Å². The fourth-order valence-electron chi connectivity index (χ4n) is 1.52. The molecule has 0 saturated carbocycles. The summed E-state index contributed by atoms with van der Waals surface area (Å²) < 4.78 is 13.2. The molecule has 2 atom stereocenters. The summed E-state index contributed by atoms with van der Waals surface area (Å²) in [6, 6.07) is 0. The molecule has 0 aliphatic carbocycles. The number of halogens is 1. The van der Waals surface area contributed by atoms with Crippen LogP contribution >= 0.6 is 0 Å². The molecule has 0 spiro atoms. The van der Waals surface area contributed by atoms with Gasteiger partial charge in [0.1, 0.15) is 6.17 Å². The molecule has 11 heavy (non-hydrogen) atoms. The molecule has 0 radical (unpaired) electrons. The summed E-state index contributed by atoms with van der Waals surface area (Å²) in [6.07, 6.45) is 0.886. The predicted octanol–water partition coefficient (Wildman–Crippen LogP) is 0.625. The van der Waals surface area contributed by atoms with Gasteiger partial charge < -0.3 is 10.6 Å². The van der Waals surface area contributed by atoms with Crippen molar-refractivity contribution < 1.29 is 4.39 Å². The Kier molecular flexibility index (Phi) is 3.27. The van der Waals surface area contributed by atoms with Gasteiger partial charge in [-0.1, -0.05) is 0 Å². The van der Waals surface area contributed by atoms with Gasteiger partial charge in [-0.05, 0) is 33.0 Å². The second-order valence-electron chi connectivity index (χ2n) is 3.39. The summed E-state index contributed by atoms with van der Waals surface area (Å²) in [5, 5.41) is 0. The van der Waals surface area contributed by atoms with Crippen LogP contribution in [0.2, 0.25) is 0 Å². The fourth-order valence-corrected chi connectivity index (χ4v) is 1.52. The van der Waals surface area contributed by atoms with Gasteiger partial charge in [-0.3, -0.25) is 0 Å². The standard InChI is InChI=1S/C8H17FN2/c1-11-4-2-7(6-10)8(9)3-5-11/h7-8H,2-6,10H2,1H3. The first-order chi connectivity index (χ1) is 5.24. The van der Waals surface area contributed by atoms with E-state index in [2.05, 4.69) is 4.90 Å². The van der Waals surface area contributed by atoms with Gasteiger partial charge in [0.15, 0.2) is 0 Å². The van der Waals surface area contributed by atoms with E-state index in [1.54, 1.807) is 0 Å². The Morgan fingerprint density at radius 1 is 1.45 bits per heavy atom. The Morgan fingerprint density at radius 3 is 2.73 bits per heavy atom. The Morgan fingerprint density at radius 2 is 2.09 bits per heavy atom. The monoisotopic (exact) mass is 160 g/mol. The quantitative estimate of drug-likeness (QED) is 0.609. The lowest BCUT2D eigenvalue weighted by Gasteiger charge is -2.14. The third-order valence-electron chi connectivity index (χ3n) is 2.48. The minimum absolute atomic E-state index is 0.0972. The predicted molar refractivity (Wildman–Crippen MR) is 44.2 cm³/mol. The summed E-state index contributed by atoms with van der Waals surface area (Å²) in [4.78, 5) is 2.17. The normalized spacial score (nSPS) is 35.2. The number of hydrogen-bond donors (Lipinski definition) is 1. The van der Waals surface area contributed by atoms with E-state index in [1.807, 2.05) is 7.05 Å². The first kappa shape index (κ1) is 8.94. The highest BCUT2D eigenvalue weighted by molar-refractivity contribution is 4.76. The van der Waals surface area contributed by atoms with Crippen molar-refractivity contribution in [2.75, 3.05) is 26.7 Å². The highest BCUT2D eigenvalue weighted by atomic mass is 19.1. The van der Waals surface area contributed by atoms with Crippen LogP contribution < -0.4 is 5.73 Å². The molecule has 1 fully saturated rings. The van der Waals surface area contributed by atoms with Crippen LogP contribution in [0.1, 0.15) is 12.8 Å². The molecule has 2 nitrogen and oxygen atoms in total. The summed E-state index contributed by atoms with van der Waals surface area (Å²) in [7, 11) is 2.03. The highest BCUT2D eigenvalue weighted by Crippen LogP contribution is 2.18. The van der Waals surface area contributed by atoms with Gasteiger partial charge in [-0.25, -0.2) is 4.39 Å². The SMILES string of the molecule is CN1CCC(F)C(CN)CC1. The van der Waals surface area contributed by atoms with Gasteiger partial charge in [-0.15, -0.1) is 0 Å². The summed E-state index contributed by atoms with van der Waals surface area (Å²) in [5.41, 5.74) is 5.45. The molecular weight excluding hydrogens is 143 g/mol. The minimum atomic E-state index is -0.676. The zero-order chi connectivity index (χ0) is 8.27. The maximum Gasteiger partial charge on any atom is 0.105 e. The Balaban J connectivity index is 2.41. The van der Waals surface area contributed by atoms with Crippen molar-refractivity contribution in [2.45, 2.75) is 19.0 Å². The number of rotatable bonds is 1. The van der Waals surface area contributed by atoms with Gasteiger partial charge in [0.05, 0.1) is 0 Å². The largest absolute Gasteiger partial charge is 0.330 e. The van der Waals surface area contributed by atoms with Crippen LogP contribution in [0.5, 0.6) is 0 Å². The molecule has 1 rings (SSSR count). The van der Waals surface area contributed by atoms with E-state index in [0.29, 0.717) is 13.0 Å². The van der Waals surface area contributed by atoms with Gasteiger partial charge in [0.25, 0.3) is 0 Å². The van der Waals surface area contributed by atoms with E-state index in [0.717, 1.165) is 19.5 Å². The van der Waals surface area contributed by atoms with Crippen LogP contribution in [0.15, 0.2) is 0 Å². The lowest BCUT2D eigenvalue weighted by atomic mass is 9.99. The molecule has 0 aromatic heterocycles. The van der Waals surface area contributed by atoms with Crippen molar-refractivity contribution >= 4 is 0 Å². The van der Waals surface area contributed by atoms with Gasteiger partial charge >= 0.3 is 0 Å². The molecule has 2 N–H and O–H groups in total.